The van der Waals surface area contributed by atoms with Crippen LogP contribution in [0.1, 0.15) is 26.3 Å². The Balaban J connectivity index is 2.66. The van der Waals surface area contributed by atoms with Crippen LogP contribution in [0.25, 0.3) is 0 Å². The Labute approximate surface area is 102 Å². The quantitative estimate of drug-likeness (QED) is 0.588. The monoisotopic (exact) mass is 241 g/mol. The average molecular weight is 241 g/mol. The van der Waals surface area contributed by atoms with Gasteiger partial charge in [-0.25, -0.2) is 4.39 Å². The molecule has 1 aromatic rings. The Bertz CT molecular complexity index is 342. The molecular weight excluding hydrogens is 221 g/mol. The lowest BCUT2D eigenvalue weighted by Crippen LogP contribution is -2.22. The van der Waals surface area contributed by atoms with Crippen molar-refractivity contribution < 1.29 is 13.9 Å². The summed E-state index contributed by atoms with van der Waals surface area (Å²) in [5.41, 5.74) is 0.804. The molecular formula is C13H20FNO2. The average Bonchev–Trinajstić information content (AvgIpc) is 2.29. The van der Waals surface area contributed by atoms with Crippen molar-refractivity contribution in [3.05, 3.63) is 29.6 Å². The van der Waals surface area contributed by atoms with Gasteiger partial charge in [-0.05, 0) is 25.1 Å². The maximum atomic E-state index is 13.1. The summed E-state index contributed by atoms with van der Waals surface area (Å²) in [5.74, 6) is 0.405. The third kappa shape index (κ3) is 5.15. The molecule has 4 heteroatoms. The van der Waals surface area contributed by atoms with Crippen molar-refractivity contribution >= 4 is 0 Å². The fraction of sp³-hybridized carbons (Fsp3) is 0.538. The SMILES string of the molecule is CCOCOc1ccc(F)cc1CNC(C)C. The third-order valence-corrected chi connectivity index (χ3v) is 2.23. The zero-order chi connectivity index (χ0) is 12.7. The van der Waals surface area contributed by atoms with Crippen LogP contribution in [0.5, 0.6) is 5.75 Å². The number of hydrogen-bond acceptors (Lipinski definition) is 3. The van der Waals surface area contributed by atoms with E-state index in [0.29, 0.717) is 24.9 Å². The Morgan fingerprint density at radius 2 is 2.12 bits per heavy atom. The van der Waals surface area contributed by atoms with Crippen LogP contribution in [0.3, 0.4) is 0 Å². The molecule has 0 atom stereocenters. The van der Waals surface area contributed by atoms with E-state index in [1.807, 2.05) is 20.8 Å². The summed E-state index contributed by atoms with van der Waals surface area (Å²) in [6, 6.07) is 4.85. The smallest absolute Gasteiger partial charge is 0.189 e. The molecule has 1 rings (SSSR count). The second-order valence-corrected chi connectivity index (χ2v) is 4.04. The minimum Gasteiger partial charge on any atom is -0.467 e. The highest BCUT2D eigenvalue weighted by atomic mass is 19.1. The van der Waals surface area contributed by atoms with Gasteiger partial charge in [0, 0.05) is 24.8 Å². The molecule has 0 aliphatic carbocycles. The van der Waals surface area contributed by atoms with Crippen molar-refractivity contribution in [2.75, 3.05) is 13.4 Å². The predicted molar refractivity (Wildman–Crippen MR) is 65.5 cm³/mol. The molecule has 0 unspecified atom stereocenters. The Hall–Kier alpha value is -1.13. The molecule has 0 saturated carbocycles. The van der Waals surface area contributed by atoms with Gasteiger partial charge in [0.05, 0.1) is 0 Å². The molecule has 1 N–H and O–H groups in total. The fourth-order valence-corrected chi connectivity index (χ4v) is 1.33. The Morgan fingerprint density at radius 1 is 1.35 bits per heavy atom. The first-order valence-corrected chi connectivity index (χ1v) is 5.85. The van der Waals surface area contributed by atoms with Gasteiger partial charge in [0.2, 0.25) is 0 Å². The summed E-state index contributed by atoms with van der Waals surface area (Å²) < 4.78 is 23.7. The normalized spacial score (nSPS) is 10.9. The first-order valence-electron chi connectivity index (χ1n) is 5.85. The number of halogens is 1. The van der Waals surface area contributed by atoms with E-state index in [1.54, 1.807) is 6.07 Å². The van der Waals surface area contributed by atoms with Gasteiger partial charge in [0.15, 0.2) is 6.79 Å². The van der Waals surface area contributed by atoms with E-state index in [4.69, 9.17) is 9.47 Å². The molecule has 0 bridgehead atoms. The zero-order valence-electron chi connectivity index (χ0n) is 10.6. The molecule has 0 radical (unpaired) electrons. The topological polar surface area (TPSA) is 30.5 Å². The van der Waals surface area contributed by atoms with Gasteiger partial charge in [-0.3, -0.25) is 0 Å². The highest BCUT2D eigenvalue weighted by Crippen LogP contribution is 2.19. The summed E-state index contributed by atoms with van der Waals surface area (Å²) in [5, 5.41) is 3.23. The lowest BCUT2D eigenvalue weighted by atomic mass is 10.2. The number of hydrogen-bond donors (Lipinski definition) is 1. The molecule has 0 aliphatic rings. The molecule has 0 saturated heterocycles. The van der Waals surface area contributed by atoms with Gasteiger partial charge in [-0.15, -0.1) is 0 Å². The predicted octanol–water partition coefficient (Wildman–Crippen LogP) is 2.70. The number of rotatable bonds is 7. The summed E-state index contributed by atoms with van der Waals surface area (Å²) in [7, 11) is 0. The number of ether oxygens (including phenoxy) is 2. The van der Waals surface area contributed by atoms with Crippen molar-refractivity contribution in [3.8, 4) is 5.75 Å². The van der Waals surface area contributed by atoms with Crippen molar-refractivity contribution in [2.45, 2.75) is 33.4 Å². The van der Waals surface area contributed by atoms with Crippen molar-refractivity contribution in [1.82, 2.24) is 5.32 Å². The van der Waals surface area contributed by atoms with Gasteiger partial charge < -0.3 is 14.8 Å². The minimum atomic E-state index is -0.255. The van der Waals surface area contributed by atoms with Crippen LogP contribution in [-0.2, 0) is 11.3 Å². The van der Waals surface area contributed by atoms with E-state index in [1.165, 1.54) is 12.1 Å². The van der Waals surface area contributed by atoms with E-state index in [2.05, 4.69) is 5.32 Å². The zero-order valence-corrected chi connectivity index (χ0v) is 10.6. The molecule has 17 heavy (non-hydrogen) atoms. The van der Waals surface area contributed by atoms with Gasteiger partial charge in [-0.2, -0.15) is 0 Å². The molecule has 0 spiro atoms. The van der Waals surface area contributed by atoms with E-state index in [0.717, 1.165) is 5.56 Å². The lowest BCUT2D eigenvalue weighted by Gasteiger charge is -2.13. The molecule has 96 valence electrons. The van der Waals surface area contributed by atoms with Crippen molar-refractivity contribution in [1.29, 1.82) is 0 Å². The van der Waals surface area contributed by atoms with Crippen LogP contribution >= 0.6 is 0 Å². The lowest BCUT2D eigenvalue weighted by molar-refractivity contribution is 0.0217. The summed E-state index contributed by atoms with van der Waals surface area (Å²) in [4.78, 5) is 0. The Morgan fingerprint density at radius 3 is 2.76 bits per heavy atom. The van der Waals surface area contributed by atoms with Gasteiger partial charge >= 0.3 is 0 Å². The van der Waals surface area contributed by atoms with Gasteiger partial charge in [0.25, 0.3) is 0 Å². The van der Waals surface area contributed by atoms with Crippen LogP contribution < -0.4 is 10.1 Å². The fourth-order valence-electron chi connectivity index (χ4n) is 1.33. The van der Waals surface area contributed by atoms with Gasteiger partial charge in [-0.1, -0.05) is 13.8 Å². The summed E-state index contributed by atoms with van der Waals surface area (Å²) in [6.45, 7) is 7.35. The van der Waals surface area contributed by atoms with Crippen LogP contribution in [0.4, 0.5) is 4.39 Å². The van der Waals surface area contributed by atoms with Gasteiger partial charge in [0.1, 0.15) is 11.6 Å². The van der Waals surface area contributed by atoms with Crippen LogP contribution in [-0.4, -0.2) is 19.4 Å². The first kappa shape index (κ1) is 13.9. The molecule has 1 aromatic carbocycles. The molecule has 0 aliphatic heterocycles. The number of benzene rings is 1. The van der Waals surface area contributed by atoms with E-state index in [-0.39, 0.29) is 12.6 Å². The maximum absolute atomic E-state index is 13.1. The summed E-state index contributed by atoms with van der Waals surface area (Å²) >= 11 is 0. The largest absolute Gasteiger partial charge is 0.467 e. The molecule has 3 nitrogen and oxygen atoms in total. The second-order valence-electron chi connectivity index (χ2n) is 4.04. The van der Waals surface area contributed by atoms with Crippen LogP contribution in [0, 0.1) is 5.82 Å². The first-order chi connectivity index (χ1) is 8.13. The molecule has 0 heterocycles. The number of nitrogens with one attached hydrogen (secondary N) is 1. The van der Waals surface area contributed by atoms with E-state index in [9.17, 15) is 4.39 Å². The molecule has 0 aromatic heterocycles. The maximum Gasteiger partial charge on any atom is 0.189 e. The van der Waals surface area contributed by atoms with E-state index < -0.39 is 0 Å². The standard InChI is InChI=1S/C13H20FNO2/c1-4-16-9-17-13-6-5-12(14)7-11(13)8-15-10(2)3/h5-7,10,15H,4,8-9H2,1-3H3. The van der Waals surface area contributed by atoms with Crippen molar-refractivity contribution in [3.63, 3.8) is 0 Å². The van der Waals surface area contributed by atoms with Crippen molar-refractivity contribution in [2.24, 2.45) is 0 Å². The Kier molecular flexibility index (Phi) is 5.94. The minimum absolute atomic E-state index is 0.191. The summed E-state index contributed by atoms with van der Waals surface area (Å²) in [6.07, 6.45) is 0. The molecule has 0 amide bonds. The highest BCUT2D eigenvalue weighted by Gasteiger charge is 2.06. The third-order valence-electron chi connectivity index (χ3n) is 2.23. The highest BCUT2D eigenvalue weighted by molar-refractivity contribution is 5.33. The second kappa shape index (κ2) is 7.25. The van der Waals surface area contributed by atoms with Crippen LogP contribution in [0.15, 0.2) is 18.2 Å². The molecule has 0 fully saturated rings. The van der Waals surface area contributed by atoms with E-state index >= 15 is 0 Å². The van der Waals surface area contributed by atoms with Crippen LogP contribution in [0.2, 0.25) is 0 Å².